The molecule has 0 aliphatic carbocycles. The number of H-pyrrole nitrogens is 1. The summed E-state index contributed by atoms with van der Waals surface area (Å²) in [5.41, 5.74) is 2.50. The van der Waals surface area contributed by atoms with Gasteiger partial charge in [-0.25, -0.2) is 8.42 Å². The first-order valence-electron chi connectivity index (χ1n) is 9.15. The van der Waals surface area contributed by atoms with E-state index in [1.54, 1.807) is 42.6 Å². The first-order valence-corrected chi connectivity index (χ1v) is 11.0. The van der Waals surface area contributed by atoms with E-state index in [4.69, 9.17) is 11.6 Å². The molecule has 0 unspecified atom stereocenters. The van der Waals surface area contributed by atoms with E-state index in [0.29, 0.717) is 10.7 Å². The number of carbonyl (C=O) groups is 1. The van der Waals surface area contributed by atoms with Gasteiger partial charge >= 0.3 is 0 Å². The van der Waals surface area contributed by atoms with Crippen LogP contribution in [0.25, 0.3) is 10.9 Å². The van der Waals surface area contributed by atoms with Crippen LogP contribution in [0.3, 0.4) is 0 Å². The highest BCUT2D eigenvalue weighted by atomic mass is 35.5. The van der Waals surface area contributed by atoms with Crippen molar-refractivity contribution in [1.82, 2.24) is 4.98 Å². The zero-order valence-corrected chi connectivity index (χ0v) is 17.3. The molecular formula is C22H18ClN3O3S. The molecule has 8 heteroatoms. The Balaban J connectivity index is 1.50. The third-order valence-corrected chi connectivity index (χ3v) is 6.26. The number of anilines is 2. The average molecular weight is 440 g/mol. The van der Waals surface area contributed by atoms with Crippen LogP contribution < -0.4 is 10.0 Å². The van der Waals surface area contributed by atoms with E-state index in [0.717, 1.165) is 16.5 Å². The normalized spacial score (nSPS) is 11.4. The van der Waals surface area contributed by atoms with Crippen LogP contribution in [0.1, 0.15) is 5.56 Å². The van der Waals surface area contributed by atoms with Crippen molar-refractivity contribution in [1.29, 1.82) is 0 Å². The largest absolute Gasteiger partial charge is 0.361 e. The van der Waals surface area contributed by atoms with Gasteiger partial charge in [-0.3, -0.25) is 9.52 Å². The van der Waals surface area contributed by atoms with E-state index >= 15 is 0 Å². The lowest BCUT2D eigenvalue weighted by molar-refractivity contribution is -0.115. The average Bonchev–Trinajstić information content (AvgIpc) is 3.13. The molecule has 1 heterocycles. The summed E-state index contributed by atoms with van der Waals surface area (Å²) in [6.45, 7) is 0. The van der Waals surface area contributed by atoms with Gasteiger partial charge in [-0.05, 0) is 42.0 Å². The van der Waals surface area contributed by atoms with Crippen LogP contribution in [0.4, 0.5) is 11.4 Å². The second-order valence-corrected chi connectivity index (χ2v) is 8.79. The standard InChI is InChI=1S/C22H18ClN3O3S/c23-19-9-2-4-11-21(19)26-30(28,29)17-7-5-6-16(13-17)25-22(27)12-15-14-24-20-10-3-1-8-18(15)20/h1-11,13-14,24,26H,12H2,(H,25,27). The highest BCUT2D eigenvalue weighted by Crippen LogP contribution is 2.25. The number of sulfonamides is 1. The van der Waals surface area contributed by atoms with E-state index in [-0.39, 0.29) is 22.9 Å². The summed E-state index contributed by atoms with van der Waals surface area (Å²) in [5, 5.41) is 4.04. The van der Waals surface area contributed by atoms with Gasteiger partial charge in [0.25, 0.3) is 10.0 Å². The molecule has 4 aromatic rings. The second kappa shape index (κ2) is 8.22. The molecule has 6 nitrogen and oxygen atoms in total. The number of hydrogen-bond acceptors (Lipinski definition) is 3. The molecule has 1 amide bonds. The third-order valence-electron chi connectivity index (χ3n) is 4.57. The van der Waals surface area contributed by atoms with Crippen molar-refractivity contribution in [2.45, 2.75) is 11.3 Å². The molecule has 0 saturated heterocycles. The van der Waals surface area contributed by atoms with Crippen molar-refractivity contribution in [2.75, 3.05) is 10.0 Å². The van der Waals surface area contributed by atoms with E-state index in [2.05, 4.69) is 15.0 Å². The summed E-state index contributed by atoms with van der Waals surface area (Å²) in [7, 11) is -3.86. The monoisotopic (exact) mass is 439 g/mol. The van der Waals surface area contributed by atoms with Gasteiger partial charge in [0.2, 0.25) is 5.91 Å². The Bertz CT molecular complexity index is 1330. The van der Waals surface area contributed by atoms with E-state index in [1.807, 2.05) is 24.3 Å². The maximum absolute atomic E-state index is 12.7. The number of aromatic nitrogens is 1. The fourth-order valence-electron chi connectivity index (χ4n) is 3.14. The van der Waals surface area contributed by atoms with Crippen LogP contribution in [0.2, 0.25) is 5.02 Å². The Kier molecular flexibility index (Phi) is 5.48. The lowest BCUT2D eigenvalue weighted by Crippen LogP contribution is -2.16. The van der Waals surface area contributed by atoms with Crippen molar-refractivity contribution in [3.63, 3.8) is 0 Å². The lowest BCUT2D eigenvalue weighted by atomic mass is 10.1. The molecular weight excluding hydrogens is 422 g/mol. The first kappa shape index (κ1) is 20.0. The van der Waals surface area contributed by atoms with Gasteiger partial charge < -0.3 is 10.3 Å². The highest BCUT2D eigenvalue weighted by Gasteiger charge is 2.17. The van der Waals surface area contributed by atoms with Crippen LogP contribution in [0.15, 0.2) is 83.9 Å². The molecule has 0 radical (unpaired) electrons. The van der Waals surface area contributed by atoms with Gasteiger partial charge in [-0.15, -0.1) is 0 Å². The lowest BCUT2D eigenvalue weighted by Gasteiger charge is -2.11. The summed E-state index contributed by atoms with van der Waals surface area (Å²) in [6, 6.07) is 20.4. The number of aromatic amines is 1. The van der Waals surface area contributed by atoms with Gasteiger partial charge in [-0.1, -0.05) is 48.0 Å². The molecule has 30 heavy (non-hydrogen) atoms. The predicted molar refractivity (Wildman–Crippen MR) is 119 cm³/mol. The Morgan fingerprint density at radius 1 is 0.967 bits per heavy atom. The fourth-order valence-corrected chi connectivity index (χ4v) is 4.51. The van der Waals surface area contributed by atoms with Crippen molar-refractivity contribution >= 4 is 49.8 Å². The maximum atomic E-state index is 12.7. The Morgan fingerprint density at radius 2 is 1.73 bits per heavy atom. The first-order chi connectivity index (χ1) is 14.4. The maximum Gasteiger partial charge on any atom is 0.262 e. The van der Waals surface area contributed by atoms with Crippen molar-refractivity contribution in [3.8, 4) is 0 Å². The molecule has 1 aromatic heterocycles. The number of fused-ring (bicyclic) bond motifs is 1. The van der Waals surface area contributed by atoms with Crippen LogP contribution in [-0.2, 0) is 21.2 Å². The van der Waals surface area contributed by atoms with Gasteiger partial charge in [0.05, 0.1) is 22.0 Å². The molecule has 0 aliphatic rings. The van der Waals surface area contributed by atoms with Crippen molar-refractivity contribution in [2.24, 2.45) is 0 Å². The molecule has 0 atom stereocenters. The minimum Gasteiger partial charge on any atom is -0.361 e. The van der Waals surface area contributed by atoms with Crippen molar-refractivity contribution < 1.29 is 13.2 Å². The Labute approximate surface area is 178 Å². The molecule has 0 bridgehead atoms. The minimum absolute atomic E-state index is 0.0207. The summed E-state index contributed by atoms with van der Waals surface area (Å²) < 4.78 is 27.9. The molecule has 0 fully saturated rings. The zero-order chi connectivity index (χ0) is 21.1. The SMILES string of the molecule is O=C(Cc1c[nH]c2ccccc12)Nc1cccc(S(=O)(=O)Nc2ccccc2Cl)c1. The number of hydrogen-bond donors (Lipinski definition) is 3. The van der Waals surface area contributed by atoms with Gasteiger partial charge in [-0.2, -0.15) is 0 Å². The quantitative estimate of drug-likeness (QED) is 0.403. The summed E-state index contributed by atoms with van der Waals surface area (Å²) in [6.07, 6.45) is 1.97. The molecule has 152 valence electrons. The summed E-state index contributed by atoms with van der Waals surface area (Å²) in [5.74, 6) is -0.242. The van der Waals surface area contributed by atoms with Crippen LogP contribution in [0.5, 0.6) is 0 Å². The zero-order valence-electron chi connectivity index (χ0n) is 15.7. The number of amides is 1. The molecule has 0 aliphatic heterocycles. The highest BCUT2D eigenvalue weighted by molar-refractivity contribution is 7.92. The number of para-hydroxylation sites is 2. The molecule has 3 N–H and O–H groups in total. The number of rotatable bonds is 6. The van der Waals surface area contributed by atoms with Crippen LogP contribution >= 0.6 is 11.6 Å². The molecule has 0 spiro atoms. The molecule has 0 saturated carbocycles. The second-order valence-electron chi connectivity index (χ2n) is 6.70. The van der Waals surface area contributed by atoms with E-state index in [1.165, 1.54) is 12.1 Å². The van der Waals surface area contributed by atoms with Crippen LogP contribution in [0, 0.1) is 0 Å². The van der Waals surface area contributed by atoms with Crippen LogP contribution in [-0.4, -0.2) is 19.3 Å². The predicted octanol–water partition coefficient (Wildman–Crippen LogP) is 4.80. The summed E-state index contributed by atoms with van der Waals surface area (Å²) in [4.78, 5) is 15.7. The topological polar surface area (TPSA) is 91.1 Å². The smallest absolute Gasteiger partial charge is 0.262 e. The Morgan fingerprint density at radius 3 is 2.57 bits per heavy atom. The fraction of sp³-hybridized carbons (Fsp3) is 0.0455. The molecule has 4 rings (SSSR count). The number of halogens is 1. The summed E-state index contributed by atoms with van der Waals surface area (Å²) >= 11 is 6.04. The van der Waals surface area contributed by atoms with E-state index in [9.17, 15) is 13.2 Å². The van der Waals surface area contributed by atoms with Crippen molar-refractivity contribution in [3.05, 3.63) is 89.6 Å². The number of benzene rings is 3. The van der Waals surface area contributed by atoms with E-state index < -0.39 is 10.0 Å². The minimum atomic E-state index is -3.86. The van der Waals surface area contributed by atoms with Gasteiger partial charge in [0.1, 0.15) is 0 Å². The van der Waals surface area contributed by atoms with Gasteiger partial charge in [0, 0.05) is 22.8 Å². The Hall–Kier alpha value is -3.29. The number of carbonyl (C=O) groups excluding carboxylic acids is 1. The molecule has 3 aromatic carbocycles. The number of nitrogens with one attached hydrogen (secondary N) is 3. The third kappa shape index (κ3) is 4.32. The van der Waals surface area contributed by atoms with Gasteiger partial charge in [0.15, 0.2) is 0 Å².